The number of β-lactam (4-membered cyclic amide) rings is 1. The van der Waals surface area contributed by atoms with E-state index in [4.69, 9.17) is 9.47 Å². The fourth-order valence-corrected chi connectivity index (χ4v) is 2.45. The van der Waals surface area contributed by atoms with Gasteiger partial charge in [0.25, 0.3) is 0 Å². The zero-order valence-electron chi connectivity index (χ0n) is 13.5. The molecule has 6 heteroatoms. The van der Waals surface area contributed by atoms with Gasteiger partial charge in [-0.05, 0) is 11.1 Å². The highest BCUT2D eigenvalue weighted by atomic mass is 16.6. The van der Waals surface area contributed by atoms with Crippen LogP contribution in [-0.4, -0.2) is 28.9 Å². The van der Waals surface area contributed by atoms with Crippen LogP contribution in [0.2, 0.25) is 0 Å². The standard InChI is InChI=1S/C19H17NO5/c21-17-11-16(18(22)24-12-14-7-3-1-4-8-14)20(17)19(23)25-13-15-9-5-2-6-10-15/h1-10,16H,11-13H2/t16-/m1/s1. The van der Waals surface area contributed by atoms with Gasteiger partial charge in [-0.1, -0.05) is 60.7 Å². The lowest BCUT2D eigenvalue weighted by Gasteiger charge is -2.35. The lowest BCUT2D eigenvalue weighted by molar-refractivity contribution is -0.164. The van der Waals surface area contributed by atoms with Crippen molar-refractivity contribution in [3.63, 3.8) is 0 Å². The molecule has 0 spiro atoms. The summed E-state index contributed by atoms with van der Waals surface area (Å²) in [5.74, 6) is -1.06. The molecule has 0 unspecified atom stereocenters. The average molecular weight is 339 g/mol. The summed E-state index contributed by atoms with van der Waals surface area (Å²) in [6, 6.07) is 17.4. The van der Waals surface area contributed by atoms with Gasteiger partial charge in [-0.3, -0.25) is 4.79 Å². The van der Waals surface area contributed by atoms with Gasteiger partial charge in [0.15, 0.2) is 0 Å². The van der Waals surface area contributed by atoms with Gasteiger partial charge in [-0.25, -0.2) is 14.5 Å². The van der Waals surface area contributed by atoms with Crippen LogP contribution in [0.25, 0.3) is 0 Å². The Kier molecular flexibility index (Phi) is 5.09. The van der Waals surface area contributed by atoms with Crippen molar-refractivity contribution in [2.24, 2.45) is 0 Å². The van der Waals surface area contributed by atoms with E-state index in [2.05, 4.69) is 0 Å². The summed E-state index contributed by atoms with van der Waals surface area (Å²) in [7, 11) is 0. The van der Waals surface area contributed by atoms with E-state index in [1.807, 2.05) is 48.5 Å². The molecule has 1 fully saturated rings. The molecule has 2 amide bonds. The Hall–Kier alpha value is -3.15. The number of amides is 2. The van der Waals surface area contributed by atoms with E-state index >= 15 is 0 Å². The highest BCUT2D eigenvalue weighted by molar-refractivity contribution is 6.04. The van der Waals surface area contributed by atoms with Crippen LogP contribution >= 0.6 is 0 Å². The second-order valence-corrected chi connectivity index (χ2v) is 5.62. The SMILES string of the molecule is O=C(OCc1ccccc1)[C@H]1CC(=O)N1C(=O)OCc1ccccc1. The molecule has 0 radical (unpaired) electrons. The molecule has 0 saturated carbocycles. The lowest BCUT2D eigenvalue weighted by atomic mass is 10.0. The Morgan fingerprint density at radius 2 is 1.40 bits per heavy atom. The first kappa shape index (κ1) is 16.7. The molecule has 25 heavy (non-hydrogen) atoms. The van der Waals surface area contributed by atoms with E-state index in [-0.39, 0.29) is 19.6 Å². The van der Waals surface area contributed by atoms with Crippen LogP contribution in [0.15, 0.2) is 60.7 Å². The van der Waals surface area contributed by atoms with E-state index < -0.39 is 24.0 Å². The smallest absolute Gasteiger partial charge is 0.417 e. The van der Waals surface area contributed by atoms with Crippen molar-refractivity contribution in [3.8, 4) is 0 Å². The topological polar surface area (TPSA) is 72.9 Å². The molecule has 0 bridgehead atoms. The van der Waals surface area contributed by atoms with Crippen molar-refractivity contribution in [2.45, 2.75) is 25.7 Å². The van der Waals surface area contributed by atoms with Crippen molar-refractivity contribution >= 4 is 18.0 Å². The number of carbonyl (C=O) groups excluding carboxylic acids is 3. The predicted octanol–water partition coefficient (Wildman–Crippen LogP) is 2.67. The summed E-state index contributed by atoms with van der Waals surface area (Å²) in [4.78, 5) is 36.7. The Labute approximate surface area is 145 Å². The maximum Gasteiger partial charge on any atom is 0.417 e. The predicted molar refractivity (Wildman–Crippen MR) is 88.1 cm³/mol. The second kappa shape index (κ2) is 7.61. The molecule has 128 valence electrons. The van der Waals surface area contributed by atoms with Gasteiger partial charge in [-0.15, -0.1) is 0 Å². The number of rotatable bonds is 5. The molecular formula is C19H17NO5. The normalized spacial score (nSPS) is 16.1. The van der Waals surface area contributed by atoms with Gasteiger partial charge >= 0.3 is 12.1 Å². The van der Waals surface area contributed by atoms with Crippen LogP contribution in [0.1, 0.15) is 17.5 Å². The number of esters is 1. The Bertz CT molecular complexity index is 760. The van der Waals surface area contributed by atoms with Gasteiger partial charge in [0.2, 0.25) is 5.91 Å². The van der Waals surface area contributed by atoms with E-state index in [0.717, 1.165) is 16.0 Å². The summed E-state index contributed by atoms with van der Waals surface area (Å²) in [6.45, 7) is 0.131. The minimum absolute atomic E-state index is 0.0369. The van der Waals surface area contributed by atoms with Crippen LogP contribution in [-0.2, 0) is 32.3 Å². The number of benzene rings is 2. The first-order chi connectivity index (χ1) is 12.1. The highest BCUT2D eigenvalue weighted by Crippen LogP contribution is 2.22. The summed E-state index contributed by atoms with van der Waals surface area (Å²) >= 11 is 0. The maximum absolute atomic E-state index is 12.1. The molecule has 1 aliphatic heterocycles. The van der Waals surface area contributed by atoms with Crippen molar-refractivity contribution in [2.75, 3.05) is 0 Å². The molecule has 0 aromatic heterocycles. The fraction of sp³-hybridized carbons (Fsp3) is 0.211. The first-order valence-corrected chi connectivity index (χ1v) is 7.88. The largest absolute Gasteiger partial charge is 0.459 e. The summed E-state index contributed by atoms with van der Waals surface area (Å²) < 4.78 is 10.3. The van der Waals surface area contributed by atoms with Crippen LogP contribution in [0.3, 0.4) is 0 Å². The number of carbonyl (C=O) groups is 3. The maximum atomic E-state index is 12.1. The summed E-state index contributed by atoms with van der Waals surface area (Å²) in [5, 5.41) is 0. The minimum Gasteiger partial charge on any atom is -0.459 e. The molecule has 2 aromatic rings. The van der Waals surface area contributed by atoms with E-state index in [1.54, 1.807) is 12.1 Å². The molecule has 2 aromatic carbocycles. The van der Waals surface area contributed by atoms with Crippen LogP contribution in [0.5, 0.6) is 0 Å². The van der Waals surface area contributed by atoms with Crippen molar-refractivity contribution in [1.29, 1.82) is 0 Å². The highest BCUT2D eigenvalue weighted by Gasteiger charge is 2.47. The zero-order valence-corrected chi connectivity index (χ0v) is 13.5. The summed E-state index contributed by atoms with van der Waals surface area (Å²) in [6.07, 6.45) is -0.879. The van der Waals surface area contributed by atoms with E-state index in [0.29, 0.717) is 0 Å². The molecule has 6 nitrogen and oxygen atoms in total. The third kappa shape index (κ3) is 4.03. The zero-order chi connectivity index (χ0) is 17.6. The van der Waals surface area contributed by atoms with Gasteiger partial charge in [0.1, 0.15) is 19.3 Å². The molecule has 1 heterocycles. The lowest BCUT2D eigenvalue weighted by Crippen LogP contribution is -2.59. The number of hydrogen-bond donors (Lipinski definition) is 0. The van der Waals surface area contributed by atoms with Crippen molar-refractivity contribution in [1.82, 2.24) is 4.90 Å². The molecule has 3 rings (SSSR count). The van der Waals surface area contributed by atoms with Gasteiger partial charge in [-0.2, -0.15) is 0 Å². The van der Waals surface area contributed by atoms with Crippen LogP contribution in [0.4, 0.5) is 4.79 Å². The monoisotopic (exact) mass is 339 g/mol. The molecule has 0 N–H and O–H groups in total. The third-order valence-corrected chi connectivity index (χ3v) is 3.85. The number of hydrogen-bond acceptors (Lipinski definition) is 5. The van der Waals surface area contributed by atoms with Gasteiger partial charge in [0.05, 0.1) is 6.42 Å². The van der Waals surface area contributed by atoms with Gasteiger partial charge < -0.3 is 9.47 Å². The number of imide groups is 1. The number of nitrogens with zero attached hydrogens (tertiary/aromatic N) is 1. The van der Waals surface area contributed by atoms with Crippen molar-refractivity contribution < 1.29 is 23.9 Å². The Balaban J connectivity index is 1.52. The van der Waals surface area contributed by atoms with Crippen LogP contribution < -0.4 is 0 Å². The fourth-order valence-electron chi connectivity index (χ4n) is 2.45. The molecule has 1 aliphatic rings. The van der Waals surface area contributed by atoms with Crippen molar-refractivity contribution in [3.05, 3.63) is 71.8 Å². The molecule has 0 aliphatic carbocycles. The molecule has 1 saturated heterocycles. The quantitative estimate of drug-likeness (QED) is 0.618. The van der Waals surface area contributed by atoms with Crippen LogP contribution in [0, 0.1) is 0 Å². The molecule has 1 atom stereocenters. The minimum atomic E-state index is -0.917. The Morgan fingerprint density at radius 1 is 0.880 bits per heavy atom. The average Bonchev–Trinajstić information content (AvgIpc) is 2.64. The third-order valence-electron chi connectivity index (χ3n) is 3.85. The number of likely N-dealkylation sites (tertiary alicyclic amines) is 1. The van der Waals surface area contributed by atoms with E-state index in [9.17, 15) is 14.4 Å². The number of ether oxygens (including phenoxy) is 2. The molecular weight excluding hydrogens is 322 g/mol. The Morgan fingerprint density at radius 3 is 1.92 bits per heavy atom. The first-order valence-electron chi connectivity index (χ1n) is 7.88. The van der Waals surface area contributed by atoms with Gasteiger partial charge in [0, 0.05) is 0 Å². The second-order valence-electron chi connectivity index (χ2n) is 5.62. The van der Waals surface area contributed by atoms with E-state index in [1.165, 1.54) is 0 Å². The summed E-state index contributed by atoms with van der Waals surface area (Å²) in [5.41, 5.74) is 1.63.